The van der Waals surface area contributed by atoms with Crippen LogP contribution in [-0.4, -0.2) is 33.6 Å². The number of anilines is 1. The first-order valence-electron chi connectivity index (χ1n) is 13.8. The van der Waals surface area contributed by atoms with Gasteiger partial charge < -0.3 is 10.6 Å². The Morgan fingerprint density at radius 2 is 1.77 bits per heavy atom. The Kier molecular flexibility index (Phi) is 8.56. The van der Waals surface area contributed by atoms with Crippen molar-refractivity contribution in [3.8, 4) is 5.69 Å². The van der Waals surface area contributed by atoms with Crippen LogP contribution in [0.2, 0.25) is 0 Å². The Bertz CT molecular complexity index is 1690. The molecular formula is C33H30F3N5O2. The number of amides is 2. The zero-order chi connectivity index (χ0) is 30.6. The van der Waals surface area contributed by atoms with E-state index in [4.69, 9.17) is 5.10 Å². The van der Waals surface area contributed by atoms with E-state index in [-0.39, 0.29) is 24.2 Å². The molecule has 1 aliphatic rings. The number of carbonyl (C=O) groups is 2. The van der Waals surface area contributed by atoms with Gasteiger partial charge in [-0.2, -0.15) is 18.3 Å². The highest BCUT2D eigenvalue weighted by Crippen LogP contribution is 2.34. The number of pyridine rings is 1. The van der Waals surface area contributed by atoms with Crippen molar-refractivity contribution in [2.75, 3.05) is 12.4 Å². The molecule has 10 heteroatoms. The van der Waals surface area contributed by atoms with Crippen molar-refractivity contribution in [1.29, 1.82) is 0 Å². The molecule has 2 aromatic heterocycles. The number of nitrogens with one attached hydrogen (secondary N) is 2. The summed E-state index contributed by atoms with van der Waals surface area (Å²) in [7, 11) is 1.59. The fourth-order valence-electron chi connectivity index (χ4n) is 4.87. The topological polar surface area (TPSA) is 88.9 Å². The van der Waals surface area contributed by atoms with Crippen LogP contribution in [0.3, 0.4) is 0 Å². The van der Waals surface area contributed by atoms with E-state index in [2.05, 4.69) is 15.6 Å². The largest absolute Gasteiger partial charge is 0.416 e. The molecule has 2 amide bonds. The summed E-state index contributed by atoms with van der Waals surface area (Å²) in [4.78, 5) is 28.7. The lowest BCUT2D eigenvalue weighted by Crippen LogP contribution is -2.18. The van der Waals surface area contributed by atoms with Crippen molar-refractivity contribution in [3.63, 3.8) is 0 Å². The number of hydrogen-bond acceptors (Lipinski definition) is 4. The number of hydrogen-bond donors (Lipinski definition) is 2. The van der Waals surface area contributed by atoms with E-state index >= 15 is 0 Å². The molecule has 1 unspecified atom stereocenters. The fourth-order valence-corrected chi connectivity index (χ4v) is 4.87. The van der Waals surface area contributed by atoms with Gasteiger partial charge in [0.2, 0.25) is 5.91 Å². The highest BCUT2D eigenvalue weighted by atomic mass is 19.4. The van der Waals surface area contributed by atoms with Crippen molar-refractivity contribution in [2.24, 2.45) is 0 Å². The van der Waals surface area contributed by atoms with Crippen LogP contribution < -0.4 is 10.6 Å². The van der Waals surface area contributed by atoms with Crippen LogP contribution in [0.25, 0.3) is 11.3 Å². The third-order valence-electron chi connectivity index (χ3n) is 7.24. The molecule has 0 saturated heterocycles. The van der Waals surface area contributed by atoms with Crippen molar-refractivity contribution in [2.45, 2.75) is 38.3 Å². The van der Waals surface area contributed by atoms with Crippen LogP contribution in [0.1, 0.15) is 57.3 Å². The monoisotopic (exact) mass is 585 g/mol. The smallest absolute Gasteiger partial charge is 0.359 e. The summed E-state index contributed by atoms with van der Waals surface area (Å²) in [5, 5.41) is 10.3. The molecule has 4 aromatic rings. The van der Waals surface area contributed by atoms with Crippen molar-refractivity contribution >= 4 is 23.1 Å². The molecule has 0 aliphatic heterocycles. The van der Waals surface area contributed by atoms with Gasteiger partial charge in [-0.3, -0.25) is 14.6 Å². The molecule has 0 fully saturated rings. The second kappa shape index (κ2) is 12.5. The number of rotatable bonds is 8. The summed E-state index contributed by atoms with van der Waals surface area (Å²) in [5.41, 5.74) is 5.24. The summed E-state index contributed by atoms with van der Waals surface area (Å²) in [6, 6.07) is 17.9. The van der Waals surface area contributed by atoms with Crippen LogP contribution in [0.4, 0.5) is 18.9 Å². The van der Waals surface area contributed by atoms with Crippen LogP contribution in [0.15, 0.2) is 91.2 Å². The van der Waals surface area contributed by atoms with Gasteiger partial charge in [-0.05, 0) is 79.1 Å². The quantitative estimate of drug-likeness (QED) is 0.242. The number of carbonyl (C=O) groups excluding carboxylic acids is 2. The predicted molar refractivity (Wildman–Crippen MR) is 159 cm³/mol. The summed E-state index contributed by atoms with van der Waals surface area (Å²) >= 11 is 0. The average Bonchev–Trinajstić information content (AvgIpc) is 3.44. The first kappa shape index (κ1) is 29.5. The Balaban J connectivity index is 1.37. The van der Waals surface area contributed by atoms with E-state index in [1.54, 1.807) is 42.2 Å². The lowest BCUT2D eigenvalue weighted by Gasteiger charge is -2.18. The minimum absolute atomic E-state index is 0.0535. The first-order chi connectivity index (χ1) is 20.6. The van der Waals surface area contributed by atoms with E-state index in [0.29, 0.717) is 24.1 Å². The number of benzene rings is 2. The molecule has 0 bridgehead atoms. The molecule has 1 aliphatic carbocycles. The van der Waals surface area contributed by atoms with Crippen LogP contribution in [0.5, 0.6) is 0 Å². The predicted octanol–water partition coefficient (Wildman–Crippen LogP) is 6.65. The third kappa shape index (κ3) is 7.09. The van der Waals surface area contributed by atoms with Gasteiger partial charge in [0.05, 0.1) is 22.6 Å². The molecule has 43 heavy (non-hydrogen) atoms. The Hall–Kier alpha value is -4.99. The van der Waals surface area contributed by atoms with Gasteiger partial charge >= 0.3 is 6.18 Å². The first-order valence-corrected chi connectivity index (χ1v) is 13.8. The Morgan fingerprint density at radius 3 is 2.40 bits per heavy atom. The molecule has 7 nitrogen and oxygen atoms in total. The molecule has 5 rings (SSSR count). The summed E-state index contributed by atoms with van der Waals surface area (Å²) in [6.45, 7) is 1.82. The summed E-state index contributed by atoms with van der Waals surface area (Å²) in [6.07, 6.45) is 4.55. The summed E-state index contributed by atoms with van der Waals surface area (Å²) < 4.78 is 40.8. The highest BCUT2D eigenvalue weighted by Gasteiger charge is 2.30. The molecule has 220 valence electrons. The van der Waals surface area contributed by atoms with E-state index < -0.39 is 11.7 Å². The second-order valence-electron chi connectivity index (χ2n) is 10.3. The van der Waals surface area contributed by atoms with Crippen molar-refractivity contribution in [3.05, 3.63) is 125 Å². The molecule has 2 N–H and O–H groups in total. The van der Waals surface area contributed by atoms with Gasteiger partial charge in [0.1, 0.15) is 0 Å². The zero-order valence-electron chi connectivity index (χ0n) is 23.7. The normalized spacial score (nSPS) is 14.7. The average molecular weight is 586 g/mol. The minimum Gasteiger partial charge on any atom is -0.359 e. The molecular weight excluding hydrogens is 555 g/mol. The van der Waals surface area contributed by atoms with E-state index in [0.717, 1.165) is 46.0 Å². The summed E-state index contributed by atoms with van der Waals surface area (Å²) in [5.74, 6) is -0.381. The molecule has 2 heterocycles. The standard InChI is InChI=1S/C33H30F3N5O2/c1-21-19-25(17-18-38-21)32(43)39-27-11-14-29(15-12-27)41-30(20-28(40-41)13-16-31(42)37-2)24-5-3-22(4-6-24)23-7-9-26(10-8-23)33(34,35)36/h3,5-12,14-15,17-20,22H,4,13,16H2,1-2H3,(H,37,42)(H,39,43). The number of allylic oxidation sites excluding steroid dienone is 4. The van der Waals surface area contributed by atoms with E-state index in [1.807, 2.05) is 43.4 Å². The Morgan fingerprint density at radius 1 is 1.02 bits per heavy atom. The van der Waals surface area contributed by atoms with Crippen LogP contribution in [0, 0.1) is 6.92 Å². The van der Waals surface area contributed by atoms with Gasteiger partial charge in [-0.1, -0.05) is 30.4 Å². The van der Waals surface area contributed by atoms with Gasteiger partial charge in [0.15, 0.2) is 0 Å². The van der Waals surface area contributed by atoms with Gasteiger partial charge in [0.25, 0.3) is 5.91 Å². The van der Waals surface area contributed by atoms with E-state index in [1.165, 1.54) is 12.1 Å². The highest BCUT2D eigenvalue weighted by molar-refractivity contribution is 6.04. The second-order valence-corrected chi connectivity index (χ2v) is 10.3. The molecule has 1 atom stereocenters. The van der Waals surface area contributed by atoms with Crippen LogP contribution in [-0.2, 0) is 17.4 Å². The van der Waals surface area contributed by atoms with Crippen LogP contribution >= 0.6 is 0 Å². The number of nitrogens with zero attached hydrogens (tertiary/aromatic N) is 3. The molecule has 0 spiro atoms. The molecule has 0 saturated carbocycles. The van der Waals surface area contributed by atoms with Gasteiger partial charge in [-0.25, -0.2) is 4.68 Å². The van der Waals surface area contributed by atoms with Crippen molar-refractivity contribution in [1.82, 2.24) is 20.1 Å². The lowest BCUT2D eigenvalue weighted by molar-refractivity contribution is -0.137. The molecule has 0 radical (unpaired) electrons. The van der Waals surface area contributed by atoms with Gasteiger partial charge in [-0.15, -0.1) is 0 Å². The van der Waals surface area contributed by atoms with E-state index in [9.17, 15) is 22.8 Å². The molecule has 2 aromatic carbocycles. The zero-order valence-corrected chi connectivity index (χ0v) is 23.7. The number of halogens is 3. The fraction of sp³-hybridized carbons (Fsp3) is 0.212. The third-order valence-corrected chi connectivity index (χ3v) is 7.24. The maximum absolute atomic E-state index is 13.0. The Labute approximate surface area is 247 Å². The van der Waals surface area contributed by atoms with Gasteiger partial charge in [0, 0.05) is 48.9 Å². The lowest BCUT2D eigenvalue weighted by atomic mass is 9.89. The number of alkyl halides is 3. The minimum atomic E-state index is -4.37. The maximum atomic E-state index is 13.0. The number of aromatic nitrogens is 3. The van der Waals surface area contributed by atoms with Crippen molar-refractivity contribution < 1.29 is 22.8 Å². The number of aryl methyl sites for hydroxylation is 2. The maximum Gasteiger partial charge on any atom is 0.416 e. The SMILES string of the molecule is CNC(=O)CCc1cc(C2=CCC(c3ccc(C(F)(F)F)cc3)C=C2)n(-c2ccc(NC(=O)c3ccnc(C)c3)cc2)n1.